The third-order valence-corrected chi connectivity index (χ3v) is 3.97. The summed E-state index contributed by atoms with van der Waals surface area (Å²) in [4.78, 5) is 13.5. The van der Waals surface area contributed by atoms with E-state index in [0.717, 1.165) is 21.7 Å². The minimum Gasteiger partial charge on any atom is -0.322 e. The van der Waals surface area contributed by atoms with E-state index in [1.54, 1.807) is 11.8 Å². The molecule has 0 unspecified atom stereocenters. The molecule has 0 aromatic heterocycles. The normalized spacial score (nSPS) is 10.6. The summed E-state index contributed by atoms with van der Waals surface area (Å²) in [6.45, 7) is 6.24. The summed E-state index contributed by atoms with van der Waals surface area (Å²) < 4.78 is 0. The second kappa shape index (κ2) is 6.62. The monoisotopic (exact) mass is 285 g/mol. The third kappa shape index (κ3) is 3.64. The topological polar surface area (TPSA) is 29.1 Å². The SMILES string of the molecule is Cc1ccccc1NC(=O)c1ccccc1SC(C)C. The second-order valence-corrected chi connectivity index (χ2v) is 6.55. The molecule has 0 atom stereocenters. The molecular weight excluding hydrogens is 266 g/mol. The molecule has 0 aliphatic carbocycles. The van der Waals surface area contributed by atoms with Crippen molar-refractivity contribution in [1.82, 2.24) is 0 Å². The Hall–Kier alpha value is -1.74. The Labute approximate surface area is 124 Å². The van der Waals surface area contributed by atoms with Gasteiger partial charge in [0.25, 0.3) is 5.91 Å². The molecule has 0 saturated carbocycles. The van der Waals surface area contributed by atoms with Gasteiger partial charge in [-0.2, -0.15) is 0 Å². The lowest BCUT2D eigenvalue weighted by Crippen LogP contribution is -2.14. The number of benzene rings is 2. The minimum atomic E-state index is -0.0527. The Bertz CT molecular complexity index is 607. The predicted octanol–water partition coefficient (Wildman–Crippen LogP) is 4.75. The van der Waals surface area contributed by atoms with Gasteiger partial charge in [0.05, 0.1) is 5.56 Å². The first-order valence-electron chi connectivity index (χ1n) is 6.70. The zero-order valence-corrected chi connectivity index (χ0v) is 12.8. The lowest BCUT2D eigenvalue weighted by molar-refractivity contribution is 0.102. The third-order valence-electron chi connectivity index (χ3n) is 2.89. The molecule has 20 heavy (non-hydrogen) atoms. The number of anilines is 1. The van der Waals surface area contributed by atoms with Gasteiger partial charge in [-0.05, 0) is 30.7 Å². The summed E-state index contributed by atoms with van der Waals surface area (Å²) in [5.41, 5.74) is 2.66. The van der Waals surface area contributed by atoms with E-state index < -0.39 is 0 Å². The molecule has 1 amide bonds. The number of carbonyl (C=O) groups excluding carboxylic acids is 1. The molecule has 3 heteroatoms. The smallest absolute Gasteiger partial charge is 0.256 e. The zero-order valence-electron chi connectivity index (χ0n) is 12.0. The van der Waals surface area contributed by atoms with E-state index in [1.165, 1.54) is 0 Å². The van der Waals surface area contributed by atoms with Crippen LogP contribution in [-0.4, -0.2) is 11.2 Å². The number of para-hydroxylation sites is 1. The van der Waals surface area contributed by atoms with Crippen LogP contribution in [0.4, 0.5) is 5.69 Å². The first kappa shape index (κ1) is 14.7. The van der Waals surface area contributed by atoms with Crippen LogP contribution < -0.4 is 5.32 Å². The fourth-order valence-corrected chi connectivity index (χ4v) is 2.87. The van der Waals surface area contributed by atoms with Crippen molar-refractivity contribution in [2.24, 2.45) is 0 Å². The second-order valence-electron chi connectivity index (χ2n) is 4.93. The quantitative estimate of drug-likeness (QED) is 0.821. The number of rotatable bonds is 4. The Balaban J connectivity index is 2.23. The Morgan fingerprint density at radius 1 is 1.05 bits per heavy atom. The lowest BCUT2D eigenvalue weighted by atomic mass is 10.1. The number of thioether (sulfide) groups is 1. The summed E-state index contributed by atoms with van der Waals surface area (Å²) in [6.07, 6.45) is 0. The molecular formula is C17H19NOS. The molecule has 0 saturated heterocycles. The summed E-state index contributed by atoms with van der Waals surface area (Å²) >= 11 is 1.71. The number of aryl methyl sites for hydroxylation is 1. The van der Waals surface area contributed by atoms with Crippen molar-refractivity contribution < 1.29 is 4.79 Å². The van der Waals surface area contributed by atoms with Gasteiger partial charge in [-0.25, -0.2) is 0 Å². The van der Waals surface area contributed by atoms with Crippen molar-refractivity contribution >= 4 is 23.4 Å². The number of hydrogen-bond acceptors (Lipinski definition) is 2. The molecule has 0 fully saturated rings. The highest BCUT2D eigenvalue weighted by molar-refractivity contribution is 8.00. The lowest BCUT2D eigenvalue weighted by Gasteiger charge is -2.12. The van der Waals surface area contributed by atoms with Crippen LogP contribution in [0.3, 0.4) is 0 Å². The van der Waals surface area contributed by atoms with Crippen LogP contribution in [0.25, 0.3) is 0 Å². The highest BCUT2D eigenvalue weighted by Gasteiger charge is 2.13. The van der Waals surface area contributed by atoms with Gasteiger partial charge in [0.1, 0.15) is 0 Å². The summed E-state index contributed by atoms with van der Waals surface area (Å²) in [6, 6.07) is 15.5. The van der Waals surface area contributed by atoms with Gasteiger partial charge in [0.15, 0.2) is 0 Å². The highest BCUT2D eigenvalue weighted by atomic mass is 32.2. The van der Waals surface area contributed by atoms with Crippen molar-refractivity contribution in [3.63, 3.8) is 0 Å². The standard InChI is InChI=1S/C17H19NOS/c1-12(2)20-16-11-7-5-9-14(16)17(19)18-15-10-6-4-8-13(15)3/h4-12H,1-3H3,(H,18,19). The number of carbonyl (C=O) groups is 1. The van der Waals surface area contributed by atoms with Crippen LogP contribution in [0.2, 0.25) is 0 Å². The molecule has 0 spiro atoms. The Morgan fingerprint density at radius 3 is 2.40 bits per heavy atom. The number of hydrogen-bond donors (Lipinski definition) is 1. The number of nitrogens with one attached hydrogen (secondary N) is 1. The van der Waals surface area contributed by atoms with Crippen molar-refractivity contribution in [1.29, 1.82) is 0 Å². The van der Waals surface area contributed by atoms with Crippen LogP contribution in [0, 0.1) is 6.92 Å². The van der Waals surface area contributed by atoms with Gasteiger partial charge >= 0.3 is 0 Å². The van der Waals surface area contributed by atoms with Gasteiger partial charge in [-0.15, -0.1) is 11.8 Å². The van der Waals surface area contributed by atoms with Gasteiger partial charge in [0, 0.05) is 15.8 Å². The average Bonchev–Trinajstić information content (AvgIpc) is 2.41. The van der Waals surface area contributed by atoms with Gasteiger partial charge in [0.2, 0.25) is 0 Å². The molecule has 2 aromatic rings. The van der Waals surface area contributed by atoms with Crippen LogP contribution >= 0.6 is 11.8 Å². The maximum atomic E-state index is 12.4. The van der Waals surface area contributed by atoms with Crippen LogP contribution in [0.1, 0.15) is 29.8 Å². The molecule has 0 bridgehead atoms. The molecule has 2 aromatic carbocycles. The van der Waals surface area contributed by atoms with E-state index in [2.05, 4.69) is 19.2 Å². The summed E-state index contributed by atoms with van der Waals surface area (Å²) in [5.74, 6) is -0.0527. The molecule has 2 nitrogen and oxygen atoms in total. The molecule has 104 valence electrons. The Morgan fingerprint density at radius 2 is 1.70 bits per heavy atom. The maximum absolute atomic E-state index is 12.4. The maximum Gasteiger partial charge on any atom is 0.256 e. The molecule has 1 N–H and O–H groups in total. The predicted molar refractivity (Wildman–Crippen MR) is 86.6 cm³/mol. The van der Waals surface area contributed by atoms with Crippen molar-refractivity contribution in [3.8, 4) is 0 Å². The van der Waals surface area contributed by atoms with Crippen molar-refractivity contribution in [2.75, 3.05) is 5.32 Å². The van der Waals surface area contributed by atoms with Gasteiger partial charge in [-0.3, -0.25) is 4.79 Å². The van der Waals surface area contributed by atoms with E-state index >= 15 is 0 Å². The van der Waals surface area contributed by atoms with E-state index in [9.17, 15) is 4.79 Å². The first-order valence-corrected chi connectivity index (χ1v) is 7.58. The Kier molecular flexibility index (Phi) is 4.85. The fourth-order valence-electron chi connectivity index (χ4n) is 1.91. The van der Waals surface area contributed by atoms with E-state index in [0.29, 0.717) is 5.25 Å². The van der Waals surface area contributed by atoms with Crippen molar-refractivity contribution in [3.05, 3.63) is 59.7 Å². The number of amides is 1. The highest BCUT2D eigenvalue weighted by Crippen LogP contribution is 2.27. The van der Waals surface area contributed by atoms with E-state index in [-0.39, 0.29) is 5.91 Å². The zero-order chi connectivity index (χ0) is 14.5. The van der Waals surface area contributed by atoms with Gasteiger partial charge < -0.3 is 5.32 Å². The van der Waals surface area contributed by atoms with E-state index in [1.807, 2.05) is 55.5 Å². The van der Waals surface area contributed by atoms with Crippen LogP contribution in [-0.2, 0) is 0 Å². The fraction of sp³-hybridized carbons (Fsp3) is 0.235. The summed E-state index contributed by atoms with van der Waals surface area (Å²) in [7, 11) is 0. The van der Waals surface area contributed by atoms with Crippen molar-refractivity contribution in [2.45, 2.75) is 30.9 Å². The first-order chi connectivity index (χ1) is 9.58. The average molecular weight is 285 g/mol. The molecule has 0 radical (unpaired) electrons. The molecule has 0 aliphatic heterocycles. The molecule has 2 rings (SSSR count). The molecule has 0 aliphatic rings. The summed E-state index contributed by atoms with van der Waals surface area (Å²) in [5, 5.41) is 3.43. The minimum absolute atomic E-state index is 0.0527. The van der Waals surface area contributed by atoms with Crippen LogP contribution in [0.15, 0.2) is 53.4 Å². The molecule has 0 heterocycles. The van der Waals surface area contributed by atoms with E-state index in [4.69, 9.17) is 0 Å². The van der Waals surface area contributed by atoms with Gasteiger partial charge in [-0.1, -0.05) is 44.2 Å². The largest absolute Gasteiger partial charge is 0.322 e. The van der Waals surface area contributed by atoms with Crippen LogP contribution in [0.5, 0.6) is 0 Å².